The van der Waals surface area contributed by atoms with Crippen molar-refractivity contribution in [1.29, 1.82) is 0 Å². The molecule has 0 spiro atoms. The minimum Gasteiger partial charge on any atom is -0.396 e. The van der Waals surface area contributed by atoms with Crippen molar-refractivity contribution < 1.29 is 18.6 Å². The van der Waals surface area contributed by atoms with Crippen LogP contribution in [0.15, 0.2) is 29.2 Å². The van der Waals surface area contributed by atoms with E-state index in [1.54, 1.807) is 31.2 Å². The zero-order valence-electron chi connectivity index (χ0n) is 10.8. The Morgan fingerprint density at radius 2 is 1.61 bits per heavy atom. The first-order chi connectivity index (χ1) is 8.39. The fraction of sp³-hybridized carbons (Fsp3) is 0.538. The summed E-state index contributed by atoms with van der Waals surface area (Å²) in [7, 11) is -3.49. The van der Waals surface area contributed by atoms with Gasteiger partial charge in [-0.1, -0.05) is 24.6 Å². The predicted molar refractivity (Wildman–Crippen MR) is 70.1 cm³/mol. The summed E-state index contributed by atoms with van der Waals surface area (Å²) in [6.07, 6.45) is 0.408. The van der Waals surface area contributed by atoms with Crippen molar-refractivity contribution in [1.82, 2.24) is 0 Å². The van der Waals surface area contributed by atoms with Crippen molar-refractivity contribution >= 4 is 9.84 Å². The van der Waals surface area contributed by atoms with Gasteiger partial charge in [0.25, 0.3) is 0 Å². The molecule has 0 bridgehead atoms. The minimum absolute atomic E-state index is 0.229. The maximum Gasteiger partial charge on any atom is 0.179 e. The average molecular weight is 272 g/mol. The maximum atomic E-state index is 12.2. The topological polar surface area (TPSA) is 74.6 Å². The molecular weight excluding hydrogens is 252 g/mol. The van der Waals surface area contributed by atoms with E-state index in [0.29, 0.717) is 6.42 Å². The van der Waals surface area contributed by atoms with Crippen molar-refractivity contribution in [2.24, 2.45) is 5.41 Å². The predicted octanol–water partition coefficient (Wildman–Crippen LogP) is 1.15. The van der Waals surface area contributed by atoms with E-state index in [0.717, 1.165) is 5.56 Å². The molecule has 1 aromatic rings. The molecule has 2 N–H and O–H groups in total. The molecule has 0 aliphatic carbocycles. The van der Waals surface area contributed by atoms with Crippen LogP contribution >= 0.6 is 0 Å². The standard InChI is InChI=1S/C13H20O4S/c1-3-13(8-14,9-15)10-18(16,17)12-6-4-11(2)5-7-12/h4-7,14-15H,3,8-10H2,1-2H3. The zero-order chi connectivity index (χ0) is 13.8. The van der Waals surface area contributed by atoms with Gasteiger partial charge in [0.2, 0.25) is 0 Å². The Morgan fingerprint density at radius 3 is 2.00 bits per heavy atom. The van der Waals surface area contributed by atoms with Crippen LogP contribution < -0.4 is 0 Å². The van der Waals surface area contributed by atoms with Crippen molar-refractivity contribution in [2.45, 2.75) is 25.2 Å². The van der Waals surface area contributed by atoms with Crippen LogP contribution in [0.5, 0.6) is 0 Å². The van der Waals surface area contributed by atoms with Gasteiger partial charge in [-0.3, -0.25) is 0 Å². The second kappa shape index (κ2) is 5.82. The summed E-state index contributed by atoms with van der Waals surface area (Å²) in [5.74, 6) is -0.243. The first-order valence-corrected chi connectivity index (χ1v) is 7.55. The van der Waals surface area contributed by atoms with Crippen molar-refractivity contribution in [3.63, 3.8) is 0 Å². The molecule has 0 saturated heterocycles. The number of rotatable bonds is 6. The first kappa shape index (κ1) is 15.1. The van der Waals surface area contributed by atoms with Gasteiger partial charge in [0.15, 0.2) is 9.84 Å². The zero-order valence-corrected chi connectivity index (χ0v) is 11.6. The van der Waals surface area contributed by atoms with Crippen LogP contribution in [0.2, 0.25) is 0 Å². The molecule has 0 saturated carbocycles. The molecule has 0 unspecified atom stereocenters. The summed E-state index contributed by atoms with van der Waals surface area (Å²) in [6, 6.07) is 6.58. The van der Waals surface area contributed by atoms with Gasteiger partial charge < -0.3 is 10.2 Å². The number of hydrogen-bond donors (Lipinski definition) is 2. The average Bonchev–Trinajstić information content (AvgIpc) is 2.37. The van der Waals surface area contributed by atoms with Gasteiger partial charge in [0.1, 0.15) is 0 Å². The quantitative estimate of drug-likeness (QED) is 0.814. The van der Waals surface area contributed by atoms with Crippen LogP contribution in [0.3, 0.4) is 0 Å². The maximum absolute atomic E-state index is 12.2. The minimum atomic E-state index is -3.49. The summed E-state index contributed by atoms with van der Waals surface area (Å²) in [5.41, 5.74) is 0.0176. The number of hydrogen-bond acceptors (Lipinski definition) is 4. The van der Waals surface area contributed by atoms with Crippen LogP contribution in [0.1, 0.15) is 18.9 Å². The summed E-state index contributed by atoms with van der Waals surface area (Å²) < 4.78 is 24.4. The number of benzene rings is 1. The van der Waals surface area contributed by atoms with Crippen LogP contribution in [0.4, 0.5) is 0 Å². The molecule has 0 radical (unpaired) electrons. The molecular formula is C13H20O4S. The number of sulfone groups is 1. The van der Waals surface area contributed by atoms with Crippen LogP contribution in [-0.2, 0) is 9.84 Å². The lowest BCUT2D eigenvalue weighted by Crippen LogP contribution is -2.36. The monoisotopic (exact) mass is 272 g/mol. The number of aryl methyl sites for hydroxylation is 1. The molecule has 0 heterocycles. The lowest BCUT2D eigenvalue weighted by Gasteiger charge is -2.27. The third-order valence-corrected chi connectivity index (χ3v) is 5.28. The molecule has 18 heavy (non-hydrogen) atoms. The fourth-order valence-electron chi connectivity index (χ4n) is 1.70. The SMILES string of the molecule is CCC(CO)(CO)CS(=O)(=O)c1ccc(C)cc1. The van der Waals surface area contributed by atoms with Crippen molar-refractivity contribution in [2.75, 3.05) is 19.0 Å². The van der Waals surface area contributed by atoms with E-state index in [9.17, 15) is 18.6 Å². The van der Waals surface area contributed by atoms with Crippen LogP contribution in [-0.4, -0.2) is 37.6 Å². The van der Waals surface area contributed by atoms with Gasteiger partial charge >= 0.3 is 0 Å². The van der Waals surface area contributed by atoms with Gasteiger partial charge in [-0.25, -0.2) is 8.42 Å². The normalized spacial score (nSPS) is 12.7. The molecule has 4 nitrogen and oxygen atoms in total. The highest BCUT2D eigenvalue weighted by molar-refractivity contribution is 7.91. The molecule has 0 aliphatic rings. The Hall–Kier alpha value is -0.910. The Balaban J connectivity index is 3.04. The summed E-state index contributed by atoms with van der Waals surface area (Å²) in [4.78, 5) is 0.229. The van der Waals surface area contributed by atoms with Crippen molar-refractivity contribution in [3.8, 4) is 0 Å². The lowest BCUT2D eigenvalue weighted by molar-refractivity contribution is 0.0695. The molecule has 1 rings (SSSR count). The summed E-state index contributed by atoms with van der Waals surface area (Å²) in [6.45, 7) is 2.96. The highest BCUT2D eigenvalue weighted by Gasteiger charge is 2.33. The summed E-state index contributed by atoms with van der Waals surface area (Å²) in [5, 5.41) is 18.6. The Morgan fingerprint density at radius 1 is 1.11 bits per heavy atom. The van der Waals surface area contributed by atoms with Gasteiger partial charge in [0, 0.05) is 5.41 Å². The van der Waals surface area contributed by atoms with Crippen LogP contribution in [0, 0.1) is 12.3 Å². The largest absolute Gasteiger partial charge is 0.396 e. The van der Waals surface area contributed by atoms with Crippen LogP contribution in [0.25, 0.3) is 0 Å². The second-order valence-electron chi connectivity index (χ2n) is 4.74. The molecule has 0 aromatic heterocycles. The molecule has 1 aromatic carbocycles. The van der Waals surface area contributed by atoms with Gasteiger partial charge in [-0.05, 0) is 25.5 Å². The number of aliphatic hydroxyl groups excluding tert-OH is 2. The highest BCUT2D eigenvalue weighted by Crippen LogP contribution is 2.26. The first-order valence-electron chi connectivity index (χ1n) is 5.90. The molecule has 0 aliphatic heterocycles. The fourth-order valence-corrected chi connectivity index (χ4v) is 3.61. The van der Waals surface area contributed by atoms with E-state index in [2.05, 4.69) is 0 Å². The van der Waals surface area contributed by atoms with E-state index < -0.39 is 15.3 Å². The molecule has 5 heteroatoms. The van der Waals surface area contributed by atoms with E-state index >= 15 is 0 Å². The van der Waals surface area contributed by atoms with E-state index in [1.165, 1.54) is 0 Å². The Labute approximate surface area is 108 Å². The van der Waals surface area contributed by atoms with Gasteiger partial charge in [-0.2, -0.15) is 0 Å². The van der Waals surface area contributed by atoms with Gasteiger partial charge in [0.05, 0.1) is 23.9 Å². The third-order valence-electron chi connectivity index (χ3n) is 3.30. The Bertz CT molecular complexity index is 464. The molecule has 0 atom stereocenters. The smallest absolute Gasteiger partial charge is 0.179 e. The second-order valence-corrected chi connectivity index (χ2v) is 6.73. The molecule has 0 amide bonds. The van der Waals surface area contributed by atoms with E-state index in [-0.39, 0.29) is 23.9 Å². The van der Waals surface area contributed by atoms with Gasteiger partial charge in [-0.15, -0.1) is 0 Å². The molecule has 102 valence electrons. The van der Waals surface area contributed by atoms with E-state index in [1.807, 2.05) is 6.92 Å². The Kier molecular flexibility index (Phi) is 4.90. The van der Waals surface area contributed by atoms with Crippen molar-refractivity contribution in [3.05, 3.63) is 29.8 Å². The third kappa shape index (κ3) is 3.31. The summed E-state index contributed by atoms with van der Waals surface area (Å²) >= 11 is 0. The highest BCUT2D eigenvalue weighted by atomic mass is 32.2. The lowest BCUT2D eigenvalue weighted by atomic mass is 9.90. The van der Waals surface area contributed by atoms with E-state index in [4.69, 9.17) is 0 Å². The molecule has 0 fully saturated rings. The number of aliphatic hydroxyl groups is 2.